The lowest BCUT2D eigenvalue weighted by molar-refractivity contribution is -0.130. The minimum atomic E-state index is -0.133. The van der Waals surface area contributed by atoms with Crippen molar-refractivity contribution in [2.75, 3.05) is 13.6 Å². The lowest BCUT2D eigenvalue weighted by Crippen LogP contribution is -2.39. The lowest BCUT2D eigenvalue weighted by Gasteiger charge is -2.30. The maximum Gasteiger partial charge on any atom is 0.237 e. The zero-order valence-corrected chi connectivity index (χ0v) is 15.9. The number of hydrogen-bond acceptors (Lipinski definition) is 4. The van der Waals surface area contributed by atoms with Gasteiger partial charge in [0.2, 0.25) is 5.91 Å². The van der Waals surface area contributed by atoms with Crippen molar-refractivity contribution >= 4 is 5.91 Å². The van der Waals surface area contributed by atoms with Crippen molar-refractivity contribution < 1.29 is 4.79 Å². The maximum absolute atomic E-state index is 12.9. The Kier molecular flexibility index (Phi) is 5.98. The molecule has 0 aliphatic carbocycles. The summed E-state index contributed by atoms with van der Waals surface area (Å²) in [4.78, 5) is 14.7. The Morgan fingerprint density at radius 1 is 1.07 bits per heavy atom. The highest BCUT2D eigenvalue weighted by Gasteiger charge is 2.24. The van der Waals surface area contributed by atoms with E-state index in [-0.39, 0.29) is 24.5 Å². The summed E-state index contributed by atoms with van der Waals surface area (Å²) >= 11 is 0. The molecule has 1 heterocycles. The Morgan fingerprint density at radius 3 is 2.11 bits per heavy atom. The van der Waals surface area contributed by atoms with Crippen LogP contribution in [0.5, 0.6) is 0 Å². The number of benzene rings is 2. The summed E-state index contributed by atoms with van der Waals surface area (Å²) in [5, 5.41) is 11.2. The zero-order chi connectivity index (χ0) is 19.2. The van der Waals surface area contributed by atoms with E-state index >= 15 is 0 Å². The molecule has 1 N–H and O–H groups in total. The summed E-state index contributed by atoms with van der Waals surface area (Å²) < 4.78 is 1.85. The fourth-order valence-corrected chi connectivity index (χ4v) is 3.19. The van der Waals surface area contributed by atoms with E-state index in [4.69, 9.17) is 0 Å². The van der Waals surface area contributed by atoms with Crippen molar-refractivity contribution in [2.24, 2.45) is 7.05 Å². The SMILES string of the molecule is C[C@@H](NCC(=O)N(C)C(c1ccccc1)c1ccccc1)c1nncn1C. The number of aromatic nitrogens is 3. The third kappa shape index (κ3) is 4.41. The van der Waals surface area contributed by atoms with Crippen LogP contribution in [-0.2, 0) is 11.8 Å². The molecule has 6 nitrogen and oxygen atoms in total. The van der Waals surface area contributed by atoms with E-state index in [0.717, 1.165) is 17.0 Å². The molecule has 140 valence electrons. The largest absolute Gasteiger partial charge is 0.334 e. The van der Waals surface area contributed by atoms with E-state index < -0.39 is 0 Å². The first-order valence-corrected chi connectivity index (χ1v) is 9.00. The van der Waals surface area contributed by atoms with Crippen LogP contribution in [0, 0.1) is 0 Å². The van der Waals surface area contributed by atoms with Crippen molar-refractivity contribution in [2.45, 2.75) is 19.0 Å². The summed E-state index contributed by atoms with van der Waals surface area (Å²) in [6.45, 7) is 2.20. The highest BCUT2D eigenvalue weighted by molar-refractivity contribution is 5.79. The second-order valence-electron chi connectivity index (χ2n) is 6.63. The summed E-state index contributed by atoms with van der Waals surface area (Å²) in [7, 11) is 3.74. The molecule has 0 bridgehead atoms. The predicted molar refractivity (Wildman–Crippen MR) is 105 cm³/mol. The van der Waals surface area contributed by atoms with Gasteiger partial charge in [-0.1, -0.05) is 60.7 Å². The van der Waals surface area contributed by atoms with Crippen LogP contribution in [0.1, 0.15) is 36.0 Å². The normalized spacial score (nSPS) is 12.1. The Hall–Kier alpha value is -2.99. The fourth-order valence-electron chi connectivity index (χ4n) is 3.19. The van der Waals surface area contributed by atoms with Crippen molar-refractivity contribution in [1.29, 1.82) is 0 Å². The van der Waals surface area contributed by atoms with Crippen molar-refractivity contribution in [3.05, 3.63) is 83.9 Å². The second-order valence-corrected chi connectivity index (χ2v) is 6.63. The number of nitrogens with zero attached hydrogens (tertiary/aromatic N) is 4. The van der Waals surface area contributed by atoms with Crippen LogP contribution in [0.4, 0.5) is 0 Å². The zero-order valence-electron chi connectivity index (χ0n) is 15.9. The first-order valence-electron chi connectivity index (χ1n) is 9.00. The molecule has 0 unspecified atom stereocenters. The molecule has 0 aliphatic heterocycles. The molecule has 0 saturated heterocycles. The first-order chi connectivity index (χ1) is 13.1. The van der Waals surface area contributed by atoms with Crippen molar-refractivity contribution in [1.82, 2.24) is 25.0 Å². The Balaban J connectivity index is 1.75. The molecule has 6 heteroatoms. The van der Waals surface area contributed by atoms with Crippen LogP contribution in [-0.4, -0.2) is 39.2 Å². The van der Waals surface area contributed by atoms with Gasteiger partial charge >= 0.3 is 0 Å². The Morgan fingerprint density at radius 2 is 1.63 bits per heavy atom. The molecule has 0 fully saturated rings. The number of aryl methyl sites for hydroxylation is 1. The highest BCUT2D eigenvalue weighted by Crippen LogP contribution is 2.27. The molecule has 1 aromatic heterocycles. The number of carbonyl (C=O) groups is 1. The molecule has 0 aliphatic rings. The van der Waals surface area contributed by atoms with Gasteiger partial charge in [0, 0.05) is 14.1 Å². The average molecular weight is 363 g/mol. The van der Waals surface area contributed by atoms with Gasteiger partial charge in [0.15, 0.2) is 0 Å². The van der Waals surface area contributed by atoms with E-state index in [1.807, 2.05) is 62.0 Å². The third-order valence-electron chi connectivity index (χ3n) is 4.70. The second kappa shape index (κ2) is 8.60. The third-order valence-corrected chi connectivity index (χ3v) is 4.70. The number of likely N-dealkylation sites (N-methyl/N-ethyl adjacent to an activating group) is 1. The molecule has 27 heavy (non-hydrogen) atoms. The molecule has 0 radical (unpaired) electrons. The molecule has 0 saturated carbocycles. The highest BCUT2D eigenvalue weighted by atomic mass is 16.2. The maximum atomic E-state index is 12.9. The monoisotopic (exact) mass is 363 g/mol. The number of amides is 1. The van der Waals surface area contributed by atoms with Crippen LogP contribution in [0.3, 0.4) is 0 Å². The van der Waals surface area contributed by atoms with Crippen LogP contribution >= 0.6 is 0 Å². The molecule has 3 rings (SSSR count). The van der Waals surface area contributed by atoms with E-state index in [1.165, 1.54) is 0 Å². The molecule has 0 spiro atoms. The van der Waals surface area contributed by atoms with Gasteiger partial charge in [-0.2, -0.15) is 0 Å². The van der Waals surface area contributed by atoms with E-state index in [2.05, 4.69) is 39.8 Å². The Bertz CT molecular complexity index is 823. The molecule has 2 aromatic carbocycles. The lowest BCUT2D eigenvalue weighted by atomic mass is 9.97. The molecular weight excluding hydrogens is 338 g/mol. The van der Waals surface area contributed by atoms with E-state index in [0.29, 0.717) is 0 Å². The summed E-state index contributed by atoms with van der Waals surface area (Å²) in [5.41, 5.74) is 2.17. The van der Waals surface area contributed by atoms with Gasteiger partial charge in [0.05, 0.1) is 18.6 Å². The average Bonchev–Trinajstić information content (AvgIpc) is 3.13. The van der Waals surface area contributed by atoms with E-state index in [1.54, 1.807) is 11.2 Å². The van der Waals surface area contributed by atoms with Crippen LogP contribution in [0.15, 0.2) is 67.0 Å². The molecule has 1 atom stereocenters. The van der Waals surface area contributed by atoms with Crippen LogP contribution in [0.25, 0.3) is 0 Å². The van der Waals surface area contributed by atoms with Gasteiger partial charge in [0.25, 0.3) is 0 Å². The van der Waals surface area contributed by atoms with Crippen LogP contribution < -0.4 is 5.32 Å². The smallest absolute Gasteiger partial charge is 0.237 e. The summed E-state index contributed by atoms with van der Waals surface area (Å²) in [5.74, 6) is 0.815. The minimum Gasteiger partial charge on any atom is -0.334 e. The van der Waals surface area contributed by atoms with Crippen LogP contribution in [0.2, 0.25) is 0 Å². The Labute approximate surface area is 159 Å². The number of hydrogen-bond donors (Lipinski definition) is 1. The topological polar surface area (TPSA) is 63.1 Å². The predicted octanol–water partition coefficient (Wildman–Crippen LogP) is 2.71. The number of nitrogens with one attached hydrogen (secondary N) is 1. The molecular formula is C21H25N5O. The number of rotatable bonds is 7. The van der Waals surface area contributed by atoms with E-state index in [9.17, 15) is 4.79 Å². The van der Waals surface area contributed by atoms with Gasteiger partial charge < -0.3 is 9.47 Å². The fraction of sp³-hybridized carbons (Fsp3) is 0.286. The van der Waals surface area contributed by atoms with Gasteiger partial charge in [-0.15, -0.1) is 10.2 Å². The summed E-state index contributed by atoms with van der Waals surface area (Å²) in [6, 6.07) is 20.0. The first kappa shape index (κ1) is 18.8. The van der Waals surface area contributed by atoms with Gasteiger partial charge in [0.1, 0.15) is 12.2 Å². The van der Waals surface area contributed by atoms with Crippen molar-refractivity contribution in [3.63, 3.8) is 0 Å². The standard InChI is InChI=1S/C21H25N5O/c1-16(21-24-23-15-25(21)2)22-14-19(27)26(3)20(17-10-6-4-7-11-17)18-12-8-5-9-13-18/h4-13,15-16,20,22H,14H2,1-3H3/t16-/m1/s1. The summed E-state index contributed by atoms with van der Waals surface area (Å²) in [6.07, 6.45) is 1.66. The molecule has 3 aromatic rings. The van der Waals surface area contributed by atoms with Crippen molar-refractivity contribution in [3.8, 4) is 0 Å². The molecule has 1 amide bonds. The van der Waals surface area contributed by atoms with Gasteiger partial charge in [-0.3, -0.25) is 10.1 Å². The van der Waals surface area contributed by atoms with Gasteiger partial charge in [-0.05, 0) is 18.1 Å². The minimum absolute atomic E-state index is 0.0155. The number of carbonyl (C=O) groups excluding carboxylic acids is 1. The quantitative estimate of drug-likeness (QED) is 0.701. The van der Waals surface area contributed by atoms with Gasteiger partial charge in [-0.25, -0.2) is 0 Å².